The lowest BCUT2D eigenvalue weighted by Gasteiger charge is -2.11. The summed E-state index contributed by atoms with van der Waals surface area (Å²) in [6.07, 6.45) is 35.0. The molecule has 216 valence electrons. The van der Waals surface area contributed by atoms with E-state index in [4.69, 9.17) is 5.11 Å². The summed E-state index contributed by atoms with van der Waals surface area (Å²) in [5, 5.41) is 15.0. The van der Waals surface area contributed by atoms with Crippen molar-refractivity contribution in [2.24, 2.45) is 0 Å². The molecule has 0 aromatic rings. The van der Waals surface area contributed by atoms with Gasteiger partial charge in [-0.05, 0) is 6.42 Å². The van der Waals surface area contributed by atoms with Gasteiger partial charge in [0.2, 0.25) is 0 Å². The number of piperazine rings is 1. The number of hydrogen-bond donors (Lipinski definition) is 3. The number of carbonyl (C=O) groups is 1. The third-order valence-corrected chi connectivity index (χ3v) is 7.45. The highest BCUT2D eigenvalue weighted by molar-refractivity contribution is 5.66. The molecule has 0 bridgehead atoms. The van der Waals surface area contributed by atoms with Crippen LogP contribution in [0, 0.1) is 0 Å². The number of carboxylic acid groups (broad SMARTS) is 1. The fourth-order valence-corrected chi connectivity index (χ4v) is 5.02. The minimum atomic E-state index is -0.649. The van der Waals surface area contributed by atoms with E-state index in [1.807, 2.05) is 0 Å². The Morgan fingerprint density at radius 2 is 0.667 bits per heavy atom. The summed E-state index contributed by atoms with van der Waals surface area (Å²) in [5.41, 5.74) is 0. The van der Waals surface area contributed by atoms with Crippen molar-refractivity contribution in [1.82, 2.24) is 10.6 Å². The number of nitrogens with one attached hydrogen (secondary N) is 2. The smallest absolute Gasteiger partial charge is 0.303 e. The van der Waals surface area contributed by atoms with E-state index in [1.165, 1.54) is 148 Å². The van der Waals surface area contributed by atoms with Gasteiger partial charge in [0.15, 0.2) is 0 Å². The molecule has 1 aliphatic rings. The number of unbranched alkanes of at least 4 members (excludes halogenated alkanes) is 24. The van der Waals surface area contributed by atoms with Gasteiger partial charge >= 0.3 is 5.97 Å². The second-order valence-corrected chi connectivity index (χ2v) is 11.1. The normalized spacial score (nSPS) is 13.4. The lowest BCUT2D eigenvalue weighted by Crippen LogP contribution is -2.39. The molecule has 0 saturated carbocycles. The van der Waals surface area contributed by atoms with Crippen molar-refractivity contribution in [3.05, 3.63) is 0 Å². The van der Waals surface area contributed by atoms with Crippen LogP contribution in [0.15, 0.2) is 0 Å². The number of hydrogen-bond acceptors (Lipinski definition) is 3. The Morgan fingerprint density at radius 3 is 0.861 bits per heavy atom. The Labute approximate surface area is 226 Å². The van der Waals surface area contributed by atoms with Gasteiger partial charge in [-0.3, -0.25) is 4.79 Å². The third kappa shape index (κ3) is 33.4. The second kappa shape index (κ2) is 32.4. The van der Waals surface area contributed by atoms with E-state index in [9.17, 15) is 4.79 Å². The van der Waals surface area contributed by atoms with E-state index >= 15 is 0 Å². The van der Waals surface area contributed by atoms with Crippen LogP contribution in [0.4, 0.5) is 0 Å². The highest BCUT2D eigenvalue weighted by Crippen LogP contribution is 2.15. The van der Waals surface area contributed by atoms with E-state index in [0.717, 1.165) is 39.0 Å². The third-order valence-electron chi connectivity index (χ3n) is 7.45. The maximum absolute atomic E-state index is 10.4. The van der Waals surface area contributed by atoms with Gasteiger partial charge in [0.25, 0.3) is 0 Å². The molecule has 4 heteroatoms. The highest BCUT2D eigenvalue weighted by Gasteiger charge is 1.98. The first kappa shape index (κ1) is 35.4. The van der Waals surface area contributed by atoms with Crippen LogP contribution in [0.25, 0.3) is 0 Å². The van der Waals surface area contributed by atoms with Crippen molar-refractivity contribution in [3.8, 4) is 0 Å². The first-order chi connectivity index (χ1) is 17.8. The summed E-state index contributed by atoms with van der Waals surface area (Å²) in [7, 11) is 0. The zero-order valence-electron chi connectivity index (χ0n) is 24.6. The van der Waals surface area contributed by atoms with Crippen LogP contribution in [0.3, 0.4) is 0 Å². The average molecular weight is 511 g/mol. The quantitative estimate of drug-likeness (QED) is 0.101. The van der Waals surface area contributed by atoms with Crippen LogP contribution in [-0.4, -0.2) is 37.3 Å². The van der Waals surface area contributed by atoms with Crippen molar-refractivity contribution < 1.29 is 9.90 Å². The Kier molecular flexibility index (Phi) is 31.9. The van der Waals surface area contributed by atoms with Crippen molar-refractivity contribution in [3.63, 3.8) is 0 Å². The van der Waals surface area contributed by atoms with Crippen LogP contribution in [0.1, 0.15) is 174 Å². The summed E-state index contributed by atoms with van der Waals surface area (Å²) in [4.78, 5) is 10.4. The molecule has 0 unspecified atom stereocenters. The molecule has 0 aromatic heterocycles. The molecule has 0 atom stereocenters. The molecule has 0 aliphatic carbocycles. The molecule has 1 aliphatic heterocycles. The van der Waals surface area contributed by atoms with Gasteiger partial charge in [-0.15, -0.1) is 0 Å². The molecular formula is C32H66N2O2. The standard InChI is InChI=1S/C28H56O2.C4H10N2/c1-2-3-4-5-6-7-8-9-10-11-12-13-14-15-16-17-18-19-20-21-22-23-24-25-26-27-28(29)30;1-2-6-4-3-5-1/h2-27H2,1H3,(H,29,30);5-6H,1-4H2. The van der Waals surface area contributed by atoms with Crippen LogP contribution < -0.4 is 10.6 Å². The summed E-state index contributed by atoms with van der Waals surface area (Å²) in [6.45, 7) is 6.85. The average Bonchev–Trinajstić information content (AvgIpc) is 2.90. The van der Waals surface area contributed by atoms with Gasteiger partial charge in [0.05, 0.1) is 0 Å². The zero-order valence-corrected chi connectivity index (χ0v) is 24.6. The Hall–Kier alpha value is -0.610. The molecule has 0 radical (unpaired) electrons. The monoisotopic (exact) mass is 511 g/mol. The van der Waals surface area contributed by atoms with Crippen LogP contribution in [-0.2, 0) is 4.79 Å². The highest BCUT2D eigenvalue weighted by atomic mass is 16.4. The van der Waals surface area contributed by atoms with Gasteiger partial charge in [-0.25, -0.2) is 0 Å². The van der Waals surface area contributed by atoms with Crippen LogP contribution >= 0.6 is 0 Å². The van der Waals surface area contributed by atoms with Crippen LogP contribution in [0.2, 0.25) is 0 Å². The van der Waals surface area contributed by atoms with Crippen molar-refractivity contribution in [2.45, 2.75) is 174 Å². The lowest BCUT2D eigenvalue weighted by atomic mass is 10.0. The fraction of sp³-hybridized carbons (Fsp3) is 0.969. The van der Waals surface area contributed by atoms with Gasteiger partial charge in [-0.1, -0.05) is 161 Å². The predicted octanol–water partition coefficient (Wildman–Crippen LogP) is 9.41. The summed E-state index contributed by atoms with van der Waals surface area (Å²) in [5.74, 6) is -0.649. The first-order valence-electron chi connectivity index (χ1n) is 16.4. The molecule has 1 heterocycles. The molecular weight excluding hydrogens is 444 g/mol. The molecule has 1 saturated heterocycles. The largest absolute Gasteiger partial charge is 0.481 e. The number of aliphatic carboxylic acids is 1. The minimum Gasteiger partial charge on any atom is -0.481 e. The molecule has 1 rings (SSSR count). The molecule has 1 fully saturated rings. The van der Waals surface area contributed by atoms with Crippen molar-refractivity contribution in [2.75, 3.05) is 26.2 Å². The summed E-state index contributed by atoms with van der Waals surface area (Å²) >= 11 is 0. The zero-order chi connectivity index (χ0) is 26.2. The van der Waals surface area contributed by atoms with E-state index in [0.29, 0.717) is 6.42 Å². The molecule has 0 spiro atoms. The van der Waals surface area contributed by atoms with Gasteiger partial charge in [0, 0.05) is 32.6 Å². The molecule has 0 amide bonds. The number of carboxylic acids is 1. The maximum atomic E-state index is 10.4. The molecule has 0 aromatic carbocycles. The van der Waals surface area contributed by atoms with Crippen LogP contribution in [0.5, 0.6) is 0 Å². The number of rotatable bonds is 26. The van der Waals surface area contributed by atoms with E-state index in [2.05, 4.69) is 17.6 Å². The predicted molar refractivity (Wildman–Crippen MR) is 159 cm³/mol. The van der Waals surface area contributed by atoms with Crippen molar-refractivity contribution in [1.29, 1.82) is 0 Å². The maximum Gasteiger partial charge on any atom is 0.303 e. The topological polar surface area (TPSA) is 61.4 Å². The Bertz CT molecular complexity index is 401. The fourth-order valence-electron chi connectivity index (χ4n) is 5.02. The molecule has 3 N–H and O–H groups in total. The molecule has 36 heavy (non-hydrogen) atoms. The van der Waals surface area contributed by atoms with Gasteiger partial charge < -0.3 is 15.7 Å². The first-order valence-corrected chi connectivity index (χ1v) is 16.4. The summed E-state index contributed by atoms with van der Waals surface area (Å²) in [6, 6.07) is 0. The van der Waals surface area contributed by atoms with Gasteiger partial charge in [-0.2, -0.15) is 0 Å². The minimum absolute atomic E-state index is 0.347. The summed E-state index contributed by atoms with van der Waals surface area (Å²) < 4.78 is 0. The van der Waals surface area contributed by atoms with Crippen molar-refractivity contribution >= 4 is 5.97 Å². The Morgan fingerprint density at radius 1 is 0.444 bits per heavy atom. The Balaban J connectivity index is 0.00000176. The van der Waals surface area contributed by atoms with E-state index in [1.54, 1.807) is 0 Å². The SMILES string of the molecule is C1CNCCN1.CCCCCCCCCCCCCCCCCCCCCCCCCCCC(=O)O. The van der Waals surface area contributed by atoms with E-state index < -0.39 is 5.97 Å². The second-order valence-electron chi connectivity index (χ2n) is 11.1. The lowest BCUT2D eigenvalue weighted by molar-refractivity contribution is -0.137. The van der Waals surface area contributed by atoms with Gasteiger partial charge in [0.1, 0.15) is 0 Å². The van der Waals surface area contributed by atoms with E-state index in [-0.39, 0.29) is 0 Å². The molecule has 4 nitrogen and oxygen atoms in total.